The number of benzene rings is 2. The maximum atomic E-state index is 13.9. The quantitative estimate of drug-likeness (QED) is 0.478. The van der Waals surface area contributed by atoms with Gasteiger partial charge in [-0.1, -0.05) is 35.6 Å². The lowest BCUT2D eigenvalue weighted by Gasteiger charge is -2.30. The molecule has 1 atom stereocenters. The molecular formula is C26H30N4O4S. The van der Waals surface area contributed by atoms with Gasteiger partial charge in [-0.2, -0.15) is 0 Å². The zero-order valence-corrected chi connectivity index (χ0v) is 20.7. The Bertz CT molecular complexity index is 1180. The third kappa shape index (κ3) is 5.17. The van der Waals surface area contributed by atoms with Gasteiger partial charge in [0.2, 0.25) is 11.8 Å². The molecule has 1 unspecified atom stereocenters. The molecule has 3 aromatic rings. The number of nitrogens with zero attached hydrogens (tertiary/aromatic N) is 4. The van der Waals surface area contributed by atoms with Gasteiger partial charge in [0.05, 0.1) is 30.4 Å². The monoisotopic (exact) mass is 494 g/mol. The molecule has 2 aromatic carbocycles. The normalized spacial score (nSPS) is 18.8. The molecule has 5 rings (SSSR count). The highest BCUT2D eigenvalue weighted by atomic mass is 32.1. The van der Waals surface area contributed by atoms with Gasteiger partial charge in [-0.05, 0) is 31.2 Å². The number of hydrogen-bond donors (Lipinski definition) is 0. The number of anilines is 2. The lowest BCUT2D eigenvalue weighted by Crippen LogP contribution is -2.45. The van der Waals surface area contributed by atoms with Crippen molar-refractivity contribution in [2.45, 2.75) is 13.3 Å². The van der Waals surface area contributed by atoms with Crippen molar-refractivity contribution >= 4 is 44.2 Å². The highest BCUT2D eigenvalue weighted by molar-refractivity contribution is 7.22. The van der Waals surface area contributed by atoms with Crippen LogP contribution in [0.4, 0.5) is 10.8 Å². The molecule has 0 saturated carbocycles. The fourth-order valence-electron chi connectivity index (χ4n) is 4.62. The van der Waals surface area contributed by atoms with Gasteiger partial charge < -0.3 is 14.4 Å². The van der Waals surface area contributed by atoms with Crippen molar-refractivity contribution in [1.82, 2.24) is 9.88 Å². The van der Waals surface area contributed by atoms with Crippen molar-refractivity contribution in [2.75, 3.05) is 62.3 Å². The Kier molecular flexibility index (Phi) is 7.26. The number of carbonyl (C=O) groups excluding carboxylic acids is 2. The van der Waals surface area contributed by atoms with Crippen LogP contribution < -0.4 is 14.5 Å². The summed E-state index contributed by atoms with van der Waals surface area (Å²) < 4.78 is 12.2. The molecule has 2 amide bonds. The zero-order valence-electron chi connectivity index (χ0n) is 19.9. The van der Waals surface area contributed by atoms with E-state index in [2.05, 4.69) is 4.90 Å². The van der Waals surface area contributed by atoms with Crippen LogP contribution in [0.15, 0.2) is 48.5 Å². The molecule has 9 heteroatoms. The minimum absolute atomic E-state index is 0.0226. The SMILES string of the molecule is CCOc1cccc2sc(N(CCN3CCOCC3)C(=O)C3CC(=O)N(c4ccccc4)C3)nc12. The van der Waals surface area contributed by atoms with E-state index in [0.29, 0.717) is 38.0 Å². The molecule has 184 valence electrons. The summed E-state index contributed by atoms with van der Waals surface area (Å²) in [4.78, 5) is 37.3. The zero-order chi connectivity index (χ0) is 24.2. The molecule has 35 heavy (non-hydrogen) atoms. The molecule has 2 aliphatic rings. The number of ether oxygens (including phenoxy) is 2. The predicted octanol–water partition coefficient (Wildman–Crippen LogP) is 3.41. The number of fused-ring (bicyclic) bond motifs is 1. The minimum Gasteiger partial charge on any atom is -0.492 e. The minimum atomic E-state index is -0.411. The van der Waals surface area contributed by atoms with Crippen molar-refractivity contribution in [2.24, 2.45) is 5.92 Å². The van der Waals surface area contributed by atoms with Crippen molar-refractivity contribution < 1.29 is 19.1 Å². The molecular weight excluding hydrogens is 464 g/mol. The first-order valence-electron chi connectivity index (χ1n) is 12.1. The summed E-state index contributed by atoms with van der Waals surface area (Å²) in [6, 6.07) is 15.4. The van der Waals surface area contributed by atoms with Gasteiger partial charge in [0, 0.05) is 44.8 Å². The van der Waals surface area contributed by atoms with Crippen molar-refractivity contribution in [3.63, 3.8) is 0 Å². The average Bonchev–Trinajstić information content (AvgIpc) is 3.50. The molecule has 2 aliphatic heterocycles. The standard InChI is InChI=1S/C26H30N4O4S/c1-2-34-21-9-6-10-22-24(21)27-26(35-22)29(12-11-28-13-15-33-16-14-28)25(32)19-17-23(31)30(18-19)20-7-4-3-5-8-20/h3-10,19H,2,11-18H2,1H3. The lowest BCUT2D eigenvalue weighted by atomic mass is 10.1. The number of thiazole rings is 1. The van der Waals surface area contributed by atoms with Crippen molar-refractivity contribution in [3.8, 4) is 5.75 Å². The van der Waals surface area contributed by atoms with E-state index >= 15 is 0 Å². The van der Waals surface area contributed by atoms with Crippen LogP contribution in [0.2, 0.25) is 0 Å². The van der Waals surface area contributed by atoms with Crippen LogP contribution in [0.3, 0.4) is 0 Å². The number of hydrogen-bond acceptors (Lipinski definition) is 7. The number of aromatic nitrogens is 1. The van der Waals surface area contributed by atoms with Crippen molar-refractivity contribution in [1.29, 1.82) is 0 Å². The van der Waals surface area contributed by atoms with Gasteiger partial charge in [0.1, 0.15) is 11.3 Å². The van der Waals surface area contributed by atoms with E-state index in [1.165, 1.54) is 11.3 Å². The highest BCUT2D eigenvalue weighted by Crippen LogP contribution is 2.36. The number of carbonyl (C=O) groups is 2. The van der Waals surface area contributed by atoms with Crippen LogP contribution in [-0.2, 0) is 14.3 Å². The first kappa shape index (κ1) is 23.7. The summed E-state index contributed by atoms with van der Waals surface area (Å²) in [7, 11) is 0. The maximum Gasteiger partial charge on any atom is 0.234 e. The Hall–Kier alpha value is -3.01. The van der Waals surface area contributed by atoms with Gasteiger partial charge in [0.25, 0.3) is 0 Å². The molecule has 3 heterocycles. The largest absolute Gasteiger partial charge is 0.492 e. The molecule has 8 nitrogen and oxygen atoms in total. The summed E-state index contributed by atoms with van der Waals surface area (Å²) in [6.45, 7) is 7.22. The van der Waals surface area contributed by atoms with E-state index in [0.717, 1.165) is 41.3 Å². The average molecular weight is 495 g/mol. The van der Waals surface area contributed by atoms with E-state index in [4.69, 9.17) is 14.5 Å². The molecule has 2 saturated heterocycles. The fraction of sp³-hybridized carbons (Fsp3) is 0.423. The van der Waals surface area contributed by atoms with Gasteiger partial charge >= 0.3 is 0 Å². The molecule has 2 fully saturated rings. The van der Waals surface area contributed by atoms with Crippen LogP contribution in [0.5, 0.6) is 5.75 Å². The molecule has 1 aromatic heterocycles. The first-order chi connectivity index (χ1) is 17.1. The fourth-order valence-corrected chi connectivity index (χ4v) is 5.63. The molecule has 0 spiro atoms. The molecule has 0 bridgehead atoms. The van der Waals surface area contributed by atoms with E-state index in [1.807, 2.05) is 55.5 Å². The summed E-state index contributed by atoms with van der Waals surface area (Å²) in [5.41, 5.74) is 1.60. The Labute approximate surface area is 209 Å². The summed E-state index contributed by atoms with van der Waals surface area (Å²) in [6.07, 6.45) is 0.205. The van der Waals surface area contributed by atoms with Gasteiger partial charge in [0.15, 0.2) is 5.13 Å². The third-order valence-corrected chi connectivity index (χ3v) is 7.50. The second-order valence-electron chi connectivity index (χ2n) is 8.72. The Morgan fingerprint density at radius 2 is 1.97 bits per heavy atom. The van der Waals surface area contributed by atoms with Gasteiger partial charge in [-0.3, -0.25) is 19.4 Å². The lowest BCUT2D eigenvalue weighted by molar-refractivity contribution is -0.124. The smallest absolute Gasteiger partial charge is 0.234 e. The van der Waals surface area contributed by atoms with Crippen LogP contribution in [-0.4, -0.2) is 74.2 Å². The van der Waals surface area contributed by atoms with E-state index in [-0.39, 0.29) is 18.2 Å². The van der Waals surface area contributed by atoms with E-state index in [1.54, 1.807) is 9.80 Å². The first-order valence-corrected chi connectivity index (χ1v) is 12.9. The second-order valence-corrected chi connectivity index (χ2v) is 9.73. The van der Waals surface area contributed by atoms with Gasteiger partial charge in [-0.15, -0.1) is 0 Å². The summed E-state index contributed by atoms with van der Waals surface area (Å²) >= 11 is 1.49. The van der Waals surface area contributed by atoms with Crippen LogP contribution in [0.25, 0.3) is 10.2 Å². The number of para-hydroxylation sites is 2. The second kappa shape index (κ2) is 10.7. The molecule has 0 N–H and O–H groups in total. The number of amides is 2. The van der Waals surface area contributed by atoms with Crippen molar-refractivity contribution in [3.05, 3.63) is 48.5 Å². The third-order valence-electron chi connectivity index (χ3n) is 6.45. The van der Waals surface area contributed by atoms with Crippen LogP contribution in [0, 0.1) is 5.92 Å². The highest BCUT2D eigenvalue weighted by Gasteiger charge is 2.38. The Morgan fingerprint density at radius 3 is 2.74 bits per heavy atom. The summed E-state index contributed by atoms with van der Waals surface area (Å²) in [5, 5.41) is 0.649. The topological polar surface area (TPSA) is 75.2 Å². The Balaban J connectivity index is 1.41. The summed E-state index contributed by atoms with van der Waals surface area (Å²) in [5.74, 6) is 0.234. The molecule has 0 aliphatic carbocycles. The van der Waals surface area contributed by atoms with Gasteiger partial charge in [-0.25, -0.2) is 4.98 Å². The Morgan fingerprint density at radius 1 is 1.17 bits per heavy atom. The predicted molar refractivity (Wildman–Crippen MR) is 137 cm³/mol. The van der Waals surface area contributed by atoms with Crippen LogP contribution >= 0.6 is 11.3 Å². The maximum absolute atomic E-state index is 13.9. The van der Waals surface area contributed by atoms with E-state index in [9.17, 15) is 9.59 Å². The van der Waals surface area contributed by atoms with E-state index < -0.39 is 5.92 Å². The number of rotatable bonds is 8. The molecule has 0 radical (unpaired) electrons. The number of morpholine rings is 1. The van der Waals surface area contributed by atoms with Crippen LogP contribution in [0.1, 0.15) is 13.3 Å².